The minimum absolute atomic E-state index is 0.319. The molecule has 13 heavy (non-hydrogen) atoms. The number of pyridine rings is 1. The zero-order valence-corrected chi connectivity index (χ0v) is 7.72. The summed E-state index contributed by atoms with van der Waals surface area (Å²) >= 11 is 0. The summed E-state index contributed by atoms with van der Waals surface area (Å²) in [6.45, 7) is 2.25. The molecule has 3 nitrogen and oxygen atoms in total. The summed E-state index contributed by atoms with van der Waals surface area (Å²) in [4.78, 5) is 4.08. The van der Waals surface area contributed by atoms with Crippen LogP contribution < -0.4 is 0 Å². The number of aliphatic hydroxyl groups excluding tert-OH is 1. The Morgan fingerprint density at radius 3 is 2.77 bits per heavy atom. The van der Waals surface area contributed by atoms with Gasteiger partial charge in [0.1, 0.15) is 5.65 Å². The highest BCUT2D eigenvalue weighted by Crippen LogP contribution is 1.96. The van der Waals surface area contributed by atoms with Crippen LogP contribution >= 0.6 is 0 Å². The molecule has 0 aliphatic rings. The molecule has 1 N–H and O–H groups in total. The van der Waals surface area contributed by atoms with Gasteiger partial charge in [-0.15, -0.1) is 0 Å². The van der Waals surface area contributed by atoms with E-state index < -0.39 is 0 Å². The van der Waals surface area contributed by atoms with Crippen molar-refractivity contribution in [1.82, 2.24) is 9.38 Å². The zero-order valence-electron chi connectivity index (χ0n) is 7.72. The van der Waals surface area contributed by atoms with E-state index in [-0.39, 0.29) is 0 Å². The highest BCUT2D eigenvalue weighted by molar-refractivity contribution is 5.36. The molecule has 3 heteroatoms. The molecule has 0 saturated heterocycles. The predicted octanol–water partition coefficient (Wildman–Crippen LogP) is 1.72. The van der Waals surface area contributed by atoms with E-state index in [1.807, 2.05) is 41.9 Å². The van der Waals surface area contributed by atoms with Crippen molar-refractivity contribution < 1.29 is 5.11 Å². The van der Waals surface area contributed by atoms with E-state index in [1.54, 1.807) is 6.20 Å². The lowest BCUT2D eigenvalue weighted by Crippen LogP contribution is -1.77. The van der Waals surface area contributed by atoms with E-state index in [0.717, 1.165) is 12.1 Å². The van der Waals surface area contributed by atoms with Crippen LogP contribution in [0.5, 0.6) is 0 Å². The van der Waals surface area contributed by atoms with Crippen LogP contribution in [0.2, 0.25) is 0 Å². The van der Waals surface area contributed by atoms with Gasteiger partial charge < -0.3 is 9.51 Å². The first-order valence-electron chi connectivity index (χ1n) is 4.37. The Morgan fingerprint density at radius 2 is 2.15 bits per heavy atom. The Hall–Kier alpha value is -1.35. The maximum absolute atomic E-state index is 7.88. The average molecular weight is 178 g/mol. The average Bonchev–Trinajstić information content (AvgIpc) is 2.66. The minimum atomic E-state index is 0.319. The molecule has 0 aliphatic heterocycles. The first kappa shape index (κ1) is 9.74. The standard InChI is InChI=1S/C7H6N2.C3H8O/c1-2-5-9-6-4-8-7(9)3-1;1-2-3-4/h1-6H;4H,2-3H2,1H3. The summed E-state index contributed by atoms with van der Waals surface area (Å²) in [5.41, 5.74) is 0.998. The van der Waals surface area contributed by atoms with Crippen LogP contribution in [-0.2, 0) is 0 Å². The summed E-state index contributed by atoms with van der Waals surface area (Å²) < 4.78 is 1.97. The molecule has 0 saturated carbocycles. The highest BCUT2D eigenvalue weighted by atomic mass is 16.2. The van der Waals surface area contributed by atoms with Crippen molar-refractivity contribution >= 4 is 5.65 Å². The Kier molecular flexibility index (Phi) is 3.99. The summed E-state index contributed by atoms with van der Waals surface area (Å²) in [7, 11) is 0. The molecule has 0 aliphatic carbocycles. The monoisotopic (exact) mass is 178 g/mol. The van der Waals surface area contributed by atoms with Crippen molar-refractivity contribution in [1.29, 1.82) is 0 Å². The first-order valence-corrected chi connectivity index (χ1v) is 4.37. The first-order chi connectivity index (χ1) is 6.38. The molecule has 0 atom stereocenters. The smallest absolute Gasteiger partial charge is 0.136 e. The third-order valence-corrected chi connectivity index (χ3v) is 1.53. The molecule has 0 bridgehead atoms. The fourth-order valence-electron chi connectivity index (χ4n) is 0.864. The van der Waals surface area contributed by atoms with E-state index in [2.05, 4.69) is 4.98 Å². The van der Waals surface area contributed by atoms with Gasteiger partial charge in [0.2, 0.25) is 0 Å². The van der Waals surface area contributed by atoms with Crippen molar-refractivity contribution in [2.75, 3.05) is 6.61 Å². The molecule has 0 unspecified atom stereocenters. The second-order valence-electron chi connectivity index (χ2n) is 2.62. The van der Waals surface area contributed by atoms with Crippen LogP contribution in [0.1, 0.15) is 13.3 Å². The summed E-state index contributed by atoms with van der Waals surface area (Å²) in [5, 5.41) is 7.88. The summed E-state index contributed by atoms with van der Waals surface area (Å²) in [5.74, 6) is 0. The van der Waals surface area contributed by atoms with Crippen LogP contribution in [0.4, 0.5) is 0 Å². The fourth-order valence-corrected chi connectivity index (χ4v) is 0.864. The van der Waals surface area contributed by atoms with E-state index in [0.29, 0.717) is 6.61 Å². The van der Waals surface area contributed by atoms with Crippen LogP contribution in [-0.4, -0.2) is 21.1 Å². The Balaban J connectivity index is 0.000000184. The molecule has 0 spiro atoms. The van der Waals surface area contributed by atoms with Gasteiger partial charge in [0.15, 0.2) is 0 Å². The molecular formula is C10H14N2O. The maximum atomic E-state index is 7.88. The lowest BCUT2D eigenvalue weighted by molar-refractivity contribution is 0.295. The van der Waals surface area contributed by atoms with Gasteiger partial charge in [0.05, 0.1) is 0 Å². The second-order valence-corrected chi connectivity index (χ2v) is 2.62. The van der Waals surface area contributed by atoms with Crippen molar-refractivity contribution in [2.24, 2.45) is 0 Å². The number of aliphatic hydroxyl groups is 1. The Bertz CT molecular complexity index is 311. The van der Waals surface area contributed by atoms with Crippen molar-refractivity contribution in [3.63, 3.8) is 0 Å². The molecule has 2 aromatic rings. The molecule has 0 fully saturated rings. The molecule has 2 heterocycles. The van der Waals surface area contributed by atoms with Crippen LogP contribution in [0.3, 0.4) is 0 Å². The third kappa shape index (κ3) is 2.87. The molecule has 0 radical (unpaired) electrons. The van der Waals surface area contributed by atoms with Gasteiger partial charge in [0.25, 0.3) is 0 Å². The Morgan fingerprint density at radius 1 is 1.38 bits per heavy atom. The fraction of sp³-hybridized carbons (Fsp3) is 0.300. The van der Waals surface area contributed by atoms with Crippen LogP contribution in [0.25, 0.3) is 5.65 Å². The van der Waals surface area contributed by atoms with Gasteiger partial charge in [-0.2, -0.15) is 0 Å². The number of hydrogen-bond acceptors (Lipinski definition) is 2. The maximum Gasteiger partial charge on any atom is 0.136 e. The Labute approximate surface area is 77.7 Å². The molecule has 2 rings (SSSR count). The van der Waals surface area contributed by atoms with Gasteiger partial charge in [0, 0.05) is 25.2 Å². The van der Waals surface area contributed by atoms with E-state index >= 15 is 0 Å². The number of nitrogens with zero attached hydrogens (tertiary/aromatic N) is 2. The van der Waals surface area contributed by atoms with E-state index in [9.17, 15) is 0 Å². The highest BCUT2D eigenvalue weighted by Gasteiger charge is 1.85. The number of imidazole rings is 1. The lowest BCUT2D eigenvalue weighted by Gasteiger charge is -1.86. The number of fused-ring (bicyclic) bond motifs is 1. The number of hydrogen-bond donors (Lipinski definition) is 1. The van der Waals surface area contributed by atoms with Gasteiger partial charge in [-0.05, 0) is 18.6 Å². The van der Waals surface area contributed by atoms with Gasteiger partial charge >= 0.3 is 0 Å². The predicted molar refractivity (Wildman–Crippen MR) is 52.6 cm³/mol. The normalized spacial score (nSPS) is 9.38. The second kappa shape index (κ2) is 5.32. The largest absolute Gasteiger partial charge is 0.396 e. The van der Waals surface area contributed by atoms with Crippen LogP contribution in [0.15, 0.2) is 36.8 Å². The van der Waals surface area contributed by atoms with Gasteiger partial charge in [-0.3, -0.25) is 0 Å². The van der Waals surface area contributed by atoms with Gasteiger partial charge in [-0.1, -0.05) is 13.0 Å². The van der Waals surface area contributed by atoms with E-state index in [4.69, 9.17) is 5.11 Å². The minimum Gasteiger partial charge on any atom is -0.396 e. The topological polar surface area (TPSA) is 37.5 Å². The molecule has 2 aromatic heterocycles. The van der Waals surface area contributed by atoms with Crippen molar-refractivity contribution in [3.05, 3.63) is 36.8 Å². The van der Waals surface area contributed by atoms with Crippen LogP contribution in [0, 0.1) is 0 Å². The molecule has 0 amide bonds. The number of aromatic nitrogens is 2. The summed E-state index contributed by atoms with van der Waals surface area (Å²) in [6, 6.07) is 5.93. The summed E-state index contributed by atoms with van der Waals surface area (Å²) in [6.07, 6.45) is 6.56. The van der Waals surface area contributed by atoms with Crippen molar-refractivity contribution in [3.8, 4) is 0 Å². The third-order valence-electron chi connectivity index (χ3n) is 1.53. The quantitative estimate of drug-likeness (QED) is 0.722. The molecular weight excluding hydrogens is 164 g/mol. The lowest BCUT2D eigenvalue weighted by atomic mass is 10.5. The number of rotatable bonds is 1. The SMILES string of the molecule is CCCO.c1ccn2ccnc2c1. The molecule has 0 aromatic carbocycles. The van der Waals surface area contributed by atoms with E-state index in [1.165, 1.54) is 0 Å². The zero-order chi connectivity index (χ0) is 9.52. The van der Waals surface area contributed by atoms with Crippen molar-refractivity contribution in [2.45, 2.75) is 13.3 Å². The molecule has 70 valence electrons. The van der Waals surface area contributed by atoms with Gasteiger partial charge in [-0.25, -0.2) is 4.98 Å².